The van der Waals surface area contributed by atoms with Gasteiger partial charge in [-0.15, -0.1) is 0 Å². The average Bonchev–Trinajstić information content (AvgIpc) is 3.82. The Morgan fingerprint density at radius 1 is 0.500 bits per heavy atom. The minimum atomic E-state index is -5.11. The van der Waals surface area contributed by atoms with E-state index in [-0.39, 0.29) is 18.1 Å². The zero-order chi connectivity index (χ0) is 41.3. The Bertz CT molecular complexity index is 2510. The van der Waals surface area contributed by atoms with E-state index in [1.54, 1.807) is 11.1 Å². The normalized spacial score (nSPS) is 21.6. The third-order valence-electron chi connectivity index (χ3n) is 16.0. The zero-order valence-corrected chi connectivity index (χ0v) is 41.3. The summed E-state index contributed by atoms with van der Waals surface area (Å²) in [4.78, 5) is 0. The molecule has 0 radical (unpaired) electrons. The summed E-state index contributed by atoms with van der Waals surface area (Å²) >= 11 is -5.11. The number of rotatable bonds is 9. The Balaban J connectivity index is 1.19. The van der Waals surface area contributed by atoms with Gasteiger partial charge >= 0.3 is 371 Å². The maximum absolute atomic E-state index is 9.22. The molecule has 0 N–H and O–H groups in total. The molecule has 0 spiro atoms. The molecule has 2 atom stereocenters. The van der Waals surface area contributed by atoms with Crippen molar-refractivity contribution in [2.75, 3.05) is 0 Å². The van der Waals surface area contributed by atoms with Gasteiger partial charge in [-0.25, -0.2) is 0 Å². The van der Waals surface area contributed by atoms with E-state index in [2.05, 4.69) is 160 Å². The van der Waals surface area contributed by atoms with Crippen LogP contribution in [0.25, 0.3) is 56.0 Å². The number of hydrogen-bond acceptors (Lipinski definition) is 0. The van der Waals surface area contributed by atoms with E-state index in [1.165, 1.54) is 130 Å². The summed E-state index contributed by atoms with van der Waals surface area (Å²) in [6.45, 7) is 10.2. The van der Waals surface area contributed by atoms with E-state index in [9.17, 15) is 17.0 Å². The first-order valence-corrected chi connectivity index (χ1v) is 39.5. The monoisotopic (exact) mass is 921 g/mol. The van der Waals surface area contributed by atoms with E-state index in [1.807, 2.05) is 0 Å². The van der Waals surface area contributed by atoms with Crippen LogP contribution in [0.5, 0.6) is 0 Å². The van der Waals surface area contributed by atoms with Crippen molar-refractivity contribution in [3.8, 4) is 22.3 Å². The second kappa shape index (κ2) is 15.7. The standard InChI is InChI=1S/2C27H27.C2H7Si.2ClH.Zr/c2*1-27(14-5-2-6-15-27)19-20-16-23-10-7-11-25(26(23)17-20)24-13-12-21-8-3-4-9-22(21)18-24;1-3-2;;;/h2*3-4,7-13,16-18H,2,5-6,14-15,19H2,1H3;3H,1-2H3;2*1H;/q;;;;;+2/p-2. The van der Waals surface area contributed by atoms with Gasteiger partial charge in [-0.05, 0) is 0 Å². The van der Waals surface area contributed by atoms with Crippen molar-refractivity contribution in [2.45, 2.75) is 111 Å². The quantitative estimate of drug-likeness (QED) is 0.127. The Labute approximate surface area is 368 Å². The van der Waals surface area contributed by atoms with Crippen LogP contribution in [0.1, 0.15) is 120 Å². The number of allylic oxidation sites excluding steroid dienone is 2. The average molecular weight is 924 g/mol. The molecule has 2 fully saturated rings. The van der Waals surface area contributed by atoms with E-state index < -0.39 is 21.5 Å². The predicted molar refractivity (Wildman–Crippen MR) is 262 cm³/mol. The summed E-state index contributed by atoms with van der Waals surface area (Å²) in [7, 11) is 18.4. The van der Waals surface area contributed by atoms with Gasteiger partial charge in [-0.3, -0.25) is 0 Å². The summed E-state index contributed by atoms with van der Waals surface area (Å²) in [6, 6.07) is 45.8. The Morgan fingerprint density at radius 2 is 0.900 bits per heavy atom. The molecule has 0 bridgehead atoms. The molecule has 0 amide bonds. The van der Waals surface area contributed by atoms with Gasteiger partial charge in [-0.1, -0.05) is 0 Å². The molecular weight excluding hydrogens is 863 g/mol. The zero-order valence-electron chi connectivity index (χ0n) is 36.2. The molecule has 4 aliphatic rings. The molecule has 0 nitrogen and oxygen atoms in total. The second-order valence-corrected chi connectivity index (χ2v) is 63.0. The fourth-order valence-corrected chi connectivity index (χ4v) is 44.0. The van der Waals surface area contributed by atoms with Crippen LogP contribution in [0.3, 0.4) is 0 Å². The van der Waals surface area contributed by atoms with Crippen LogP contribution in [-0.4, -0.2) is 5.92 Å². The Kier molecular flexibility index (Phi) is 10.7. The number of fused-ring (bicyclic) bond motifs is 4. The van der Waals surface area contributed by atoms with Crippen LogP contribution in [0.2, 0.25) is 13.1 Å². The molecule has 4 heteroatoms. The van der Waals surface area contributed by atoms with Gasteiger partial charge in [0, 0.05) is 0 Å². The fourth-order valence-electron chi connectivity index (χ4n) is 12.7. The summed E-state index contributed by atoms with van der Waals surface area (Å²) in [5.74, 6) is -1.76. The summed E-state index contributed by atoms with van der Waals surface area (Å²) < 4.78 is 0.164. The molecule has 0 heterocycles. The van der Waals surface area contributed by atoms with E-state index >= 15 is 0 Å². The molecule has 6 aromatic rings. The van der Waals surface area contributed by atoms with Gasteiger partial charge < -0.3 is 0 Å². The van der Waals surface area contributed by atoms with Gasteiger partial charge in [0.2, 0.25) is 0 Å². The minimum absolute atomic E-state index is 0.0819. The molecule has 60 heavy (non-hydrogen) atoms. The van der Waals surface area contributed by atoms with Crippen LogP contribution in [0.4, 0.5) is 0 Å². The van der Waals surface area contributed by atoms with Gasteiger partial charge in [0.1, 0.15) is 0 Å². The molecule has 2 saturated carbocycles. The number of hydrogen-bond donors (Lipinski definition) is 0. The van der Waals surface area contributed by atoms with Crippen LogP contribution in [0, 0.1) is 10.8 Å². The third-order valence-corrected chi connectivity index (χ3v) is 67.9. The van der Waals surface area contributed by atoms with Gasteiger partial charge in [-0.2, -0.15) is 0 Å². The predicted octanol–water partition coefficient (Wildman–Crippen LogP) is 17.6. The number of halogens is 2. The molecule has 0 aromatic heterocycles. The van der Waals surface area contributed by atoms with Crippen molar-refractivity contribution >= 4 is 56.6 Å². The molecule has 307 valence electrons. The first-order chi connectivity index (χ1) is 28.9. The first-order valence-electron chi connectivity index (χ1n) is 23.2. The van der Waals surface area contributed by atoms with Crippen molar-refractivity contribution in [3.63, 3.8) is 0 Å². The summed E-state index contributed by atoms with van der Waals surface area (Å²) in [5.41, 5.74) is 14.4. The van der Waals surface area contributed by atoms with Gasteiger partial charge in [0.05, 0.1) is 0 Å². The molecule has 2 unspecified atom stereocenters. The van der Waals surface area contributed by atoms with E-state index in [0.717, 1.165) is 12.8 Å². The topological polar surface area (TPSA) is 0 Å². The fraction of sp³-hybridized carbons (Fsp3) is 0.357. The van der Waals surface area contributed by atoms with Crippen LogP contribution >= 0.6 is 17.0 Å². The molecular formula is C56H61Cl2SiZr. The maximum atomic E-state index is 9.22. The van der Waals surface area contributed by atoms with E-state index in [0.29, 0.717) is 0 Å². The molecule has 4 aliphatic carbocycles. The number of benzene rings is 6. The van der Waals surface area contributed by atoms with E-state index in [4.69, 9.17) is 0 Å². The molecule has 10 rings (SSSR count). The van der Waals surface area contributed by atoms with Gasteiger partial charge in [0.25, 0.3) is 0 Å². The second-order valence-electron chi connectivity index (χ2n) is 20.5. The summed E-state index contributed by atoms with van der Waals surface area (Å²) in [5, 5.41) is 5.13. The van der Waals surface area contributed by atoms with Crippen LogP contribution in [0.15, 0.2) is 132 Å². The van der Waals surface area contributed by atoms with Crippen molar-refractivity contribution in [3.05, 3.63) is 155 Å². The van der Waals surface area contributed by atoms with Gasteiger partial charge in [0.15, 0.2) is 0 Å². The van der Waals surface area contributed by atoms with Crippen molar-refractivity contribution < 1.29 is 15.6 Å². The first kappa shape index (κ1) is 41.0. The molecule has 0 aliphatic heterocycles. The summed E-state index contributed by atoms with van der Waals surface area (Å²) in [6.07, 6.45) is 20.5. The Morgan fingerprint density at radius 3 is 1.30 bits per heavy atom. The molecule has 0 saturated heterocycles. The Hall–Kier alpha value is -3.00. The molecule has 6 aromatic carbocycles. The van der Waals surface area contributed by atoms with Crippen LogP contribution < -0.4 is 0 Å². The van der Waals surface area contributed by atoms with Crippen molar-refractivity contribution in [2.24, 2.45) is 10.8 Å². The third kappa shape index (κ3) is 7.03. The van der Waals surface area contributed by atoms with Crippen molar-refractivity contribution in [1.82, 2.24) is 0 Å². The SMILES string of the molecule is C[SiH](C)[Zr]([Cl])([Cl])([CH]1C(CC2(C)CCCCC2)=Cc2c(-c3ccc4ccccc4c3)cccc21)[CH]1C(CC2(C)CCCCC2)=Cc2c(-c3ccc4ccccc4c3)cccc21. The van der Waals surface area contributed by atoms with Crippen molar-refractivity contribution in [1.29, 1.82) is 0 Å². The van der Waals surface area contributed by atoms with Crippen LogP contribution in [-0.2, 0) is 15.6 Å².